The summed E-state index contributed by atoms with van der Waals surface area (Å²) >= 11 is 0. The second kappa shape index (κ2) is 18.0. The molecule has 1 aliphatic heterocycles. The van der Waals surface area contributed by atoms with Gasteiger partial charge in [-0.3, -0.25) is 19.2 Å². The van der Waals surface area contributed by atoms with Crippen molar-refractivity contribution in [1.29, 1.82) is 0 Å². The normalized spacial score (nSPS) is 16.1. The van der Waals surface area contributed by atoms with Crippen molar-refractivity contribution in [3.63, 3.8) is 0 Å². The fraction of sp³-hybridized carbons (Fsp3) is 0.645. The zero-order valence-electron chi connectivity index (χ0n) is 25.2. The van der Waals surface area contributed by atoms with Crippen LogP contribution < -0.4 is 16.0 Å². The number of carboxylic acid groups (broad SMARTS) is 1. The number of nitrogens with zero attached hydrogens (tertiary/aromatic N) is 1. The topological polar surface area (TPSA) is 165 Å². The van der Waals surface area contributed by atoms with Crippen molar-refractivity contribution in [2.75, 3.05) is 13.1 Å². The van der Waals surface area contributed by atoms with Gasteiger partial charge in [-0.25, -0.2) is 4.79 Å². The zero-order valence-corrected chi connectivity index (χ0v) is 25.2. The third kappa shape index (κ3) is 11.7. The molecular weight excluding hydrogens is 540 g/mol. The van der Waals surface area contributed by atoms with Gasteiger partial charge in [-0.05, 0) is 42.9 Å². The number of carbonyl (C=O) groups excluding carboxylic acids is 4. The number of unbranched alkanes of at least 4 members (excludes halogenated alkanes) is 6. The van der Waals surface area contributed by atoms with Crippen molar-refractivity contribution >= 4 is 29.6 Å². The number of hydrogen-bond acceptors (Lipinski definition) is 6. The van der Waals surface area contributed by atoms with Crippen LogP contribution in [0.1, 0.15) is 90.5 Å². The van der Waals surface area contributed by atoms with Gasteiger partial charge < -0.3 is 31.1 Å². The van der Waals surface area contributed by atoms with Crippen LogP contribution in [0.25, 0.3) is 0 Å². The first-order valence-corrected chi connectivity index (χ1v) is 15.2. The molecule has 0 aliphatic carbocycles. The Balaban J connectivity index is 1.86. The van der Waals surface area contributed by atoms with Gasteiger partial charge in [0, 0.05) is 19.4 Å². The van der Waals surface area contributed by atoms with Gasteiger partial charge in [0.1, 0.15) is 23.9 Å². The highest BCUT2D eigenvalue weighted by molar-refractivity contribution is 5.94. The summed E-state index contributed by atoms with van der Waals surface area (Å²) in [5.41, 5.74) is 0.610. The van der Waals surface area contributed by atoms with E-state index in [1.165, 1.54) is 42.7 Å². The summed E-state index contributed by atoms with van der Waals surface area (Å²) in [6, 6.07) is 3.22. The van der Waals surface area contributed by atoms with E-state index < -0.39 is 42.5 Å². The van der Waals surface area contributed by atoms with Crippen LogP contribution in [0, 0.1) is 5.92 Å². The lowest BCUT2D eigenvalue weighted by molar-refractivity contribution is -0.143. The average Bonchev–Trinajstić information content (AvgIpc) is 3.44. The number of benzene rings is 1. The van der Waals surface area contributed by atoms with Crippen molar-refractivity contribution in [1.82, 2.24) is 20.9 Å². The molecule has 5 N–H and O–H groups in total. The van der Waals surface area contributed by atoms with E-state index in [2.05, 4.69) is 22.9 Å². The maximum absolute atomic E-state index is 13.4. The molecule has 2 unspecified atom stereocenters. The largest absolute Gasteiger partial charge is 0.508 e. The number of phenolic OH excluding ortho intramolecular Hbond substituents is 1. The molecule has 1 aromatic carbocycles. The maximum Gasteiger partial charge on any atom is 0.326 e. The Kier molecular flexibility index (Phi) is 14.8. The van der Waals surface area contributed by atoms with E-state index >= 15 is 0 Å². The first-order valence-electron chi connectivity index (χ1n) is 15.2. The minimum absolute atomic E-state index is 0.00146. The van der Waals surface area contributed by atoms with Gasteiger partial charge in [-0.15, -0.1) is 0 Å². The first-order chi connectivity index (χ1) is 20.0. The fourth-order valence-electron chi connectivity index (χ4n) is 5.08. The summed E-state index contributed by atoms with van der Waals surface area (Å²) in [6.45, 7) is 5.80. The van der Waals surface area contributed by atoms with Crippen LogP contribution in [-0.2, 0) is 30.4 Å². The lowest BCUT2D eigenvalue weighted by atomic mass is 10.0. The molecule has 0 bridgehead atoms. The highest BCUT2D eigenvalue weighted by Crippen LogP contribution is 2.21. The van der Waals surface area contributed by atoms with Crippen LogP contribution in [0.2, 0.25) is 0 Å². The van der Waals surface area contributed by atoms with E-state index in [-0.39, 0.29) is 29.9 Å². The Morgan fingerprint density at radius 1 is 0.929 bits per heavy atom. The second-order valence-corrected chi connectivity index (χ2v) is 11.4. The zero-order chi connectivity index (χ0) is 31.1. The molecule has 11 heteroatoms. The van der Waals surface area contributed by atoms with Crippen molar-refractivity contribution in [3.05, 3.63) is 29.8 Å². The molecule has 2 rings (SSSR count). The van der Waals surface area contributed by atoms with E-state index in [1.807, 2.05) is 13.8 Å². The van der Waals surface area contributed by atoms with Crippen LogP contribution in [0.15, 0.2) is 24.3 Å². The second-order valence-electron chi connectivity index (χ2n) is 11.4. The summed E-state index contributed by atoms with van der Waals surface area (Å²) in [4.78, 5) is 64.6. The molecule has 4 amide bonds. The summed E-state index contributed by atoms with van der Waals surface area (Å²) in [5, 5.41) is 26.7. The molecule has 1 fully saturated rings. The quantitative estimate of drug-likeness (QED) is 0.165. The third-order valence-electron chi connectivity index (χ3n) is 7.53. The van der Waals surface area contributed by atoms with E-state index in [1.54, 1.807) is 12.1 Å². The van der Waals surface area contributed by atoms with Crippen LogP contribution >= 0.6 is 0 Å². The van der Waals surface area contributed by atoms with Crippen LogP contribution in [0.5, 0.6) is 5.75 Å². The average molecular weight is 589 g/mol. The van der Waals surface area contributed by atoms with Crippen LogP contribution in [0.4, 0.5) is 0 Å². The molecule has 234 valence electrons. The molecule has 0 saturated carbocycles. The van der Waals surface area contributed by atoms with E-state index in [0.29, 0.717) is 31.4 Å². The Hall–Kier alpha value is -3.63. The Morgan fingerprint density at radius 2 is 1.57 bits per heavy atom. The minimum Gasteiger partial charge on any atom is -0.508 e. The van der Waals surface area contributed by atoms with Crippen molar-refractivity contribution in [2.45, 2.75) is 110 Å². The number of phenols is 1. The van der Waals surface area contributed by atoms with E-state index in [4.69, 9.17) is 0 Å². The molecule has 1 aromatic rings. The number of amides is 4. The third-order valence-corrected chi connectivity index (χ3v) is 7.53. The number of rotatable bonds is 18. The molecule has 11 nitrogen and oxygen atoms in total. The summed E-state index contributed by atoms with van der Waals surface area (Å²) < 4.78 is 0. The fourth-order valence-corrected chi connectivity index (χ4v) is 5.08. The highest BCUT2D eigenvalue weighted by Gasteiger charge is 2.38. The number of carboxylic acids is 1. The lowest BCUT2D eigenvalue weighted by Gasteiger charge is -2.30. The number of aromatic hydroxyl groups is 1. The molecule has 1 heterocycles. The Morgan fingerprint density at radius 3 is 2.19 bits per heavy atom. The molecule has 0 radical (unpaired) electrons. The van der Waals surface area contributed by atoms with Crippen LogP contribution in [-0.4, -0.2) is 75.9 Å². The standard InChI is InChI=1S/C31H48N4O7/c1-4-5-6-7-8-9-10-13-26(37)34-28(21(2)3)30(40)35-18-11-12-25(35)29(39)32-20-27(38)33-24(31(41)42)19-22-14-16-23(36)17-15-22/h14-17,21,24-25,28,36H,4-13,18-20H2,1-3H3,(H,32,39)(H,33,38)(H,34,37)(H,41,42)/t24?,25-,28?/m0/s1. The lowest BCUT2D eigenvalue weighted by Crippen LogP contribution is -2.56. The smallest absolute Gasteiger partial charge is 0.326 e. The number of aliphatic carboxylic acids is 1. The summed E-state index contributed by atoms with van der Waals surface area (Å²) in [5.74, 6) is -3.03. The monoisotopic (exact) mass is 588 g/mol. The minimum atomic E-state index is -1.23. The maximum atomic E-state index is 13.4. The first kappa shape index (κ1) is 34.6. The van der Waals surface area contributed by atoms with E-state index in [9.17, 15) is 34.2 Å². The van der Waals surface area contributed by atoms with Crippen LogP contribution in [0.3, 0.4) is 0 Å². The van der Waals surface area contributed by atoms with Crippen molar-refractivity contribution in [2.24, 2.45) is 5.92 Å². The molecule has 3 atom stereocenters. The predicted octanol–water partition coefficient (Wildman–Crippen LogP) is 2.89. The SMILES string of the molecule is CCCCCCCCCC(=O)NC(C(=O)N1CCC[C@H]1C(=O)NCC(=O)NC(Cc1ccc(O)cc1)C(=O)O)C(C)C. The molecule has 42 heavy (non-hydrogen) atoms. The van der Waals surface area contributed by atoms with Gasteiger partial charge in [0.25, 0.3) is 0 Å². The van der Waals surface area contributed by atoms with Crippen molar-refractivity contribution < 1.29 is 34.2 Å². The van der Waals surface area contributed by atoms with Gasteiger partial charge in [0.2, 0.25) is 23.6 Å². The number of carbonyl (C=O) groups is 5. The number of likely N-dealkylation sites (tertiary alicyclic amines) is 1. The molecule has 1 saturated heterocycles. The molecule has 0 aromatic heterocycles. The highest BCUT2D eigenvalue weighted by atomic mass is 16.4. The van der Waals surface area contributed by atoms with Gasteiger partial charge in [0.15, 0.2) is 0 Å². The van der Waals surface area contributed by atoms with Crippen molar-refractivity contribution in [3.8, 4) is 5.75 Å². The number of nitrogens with one attached hydrogen (secondary N) is 3. The number of hydrogen-bond donors (Lipinski definition) is 5. The molecule has 0 spiro atoms. The van der Waals surface area contributed by atoms with Gasteiger partial charge in [-0.2, -0.15) is 0 Å². The summed E-state index contributed by atoms with van der Waals surface area (Å²) in [7, 11) is 0. The Bertz CT molecular complexity index is 1040. The Labute approximate surface area is 248 Å². The predicted molar refractivity (Wildman–Crippen MR) is 159 cm³/mol. The van der Waals surface area contributed by atoms with Gasteiger partial charge in [0.05, 0.1) is 6.54 Å². The van der Waals surface area contributed by atoms with Gasteiger partial charge in [-0.1, -0.05) is 71.4 Å². The van der Waals surface area contributed by atoms with Gasteiger partial charge >= 0.3 is 5.97 Å². The molecule has 1 aliphatic rings. The molecular formula is C31H48N4O7. The van der Waals surface area contributed by atoms with E-state index in [0.717, 1.165) is 19.3 Å². The summed E-state index contributed by atoms with van der Waals surface area (Å²) in [6.07, 6.45) is 9.04.